The summed E-state index contributed by atoms with van der Waals surface area (Å²) < 4.78 is 10.5. The van der Waals surface area contributed by atoms with Crippen LogP contribution >= 0.6 is 0 Å². The van der Waals surface area contributed by atoms with Gasteiger partial charge in [0.15, 0.2) is 5.82 Å². The number of carbonyl (C=O) groups is 2. The average Bonchev–Trinajstić information content (AvgIpc) is 3.33. The van der Waals surface area contributed by atoms with Crippen molar-refractivity contribution >= 4 is 17.8 Å². The Kier molecular flexibility index (Phi) is 7.01. The van der Waals surface area contributed by atoms with Gasteiger partial charge in [0.25, 0.3) is 5.91 Å². The average molecular weight is 428 g/mol. The summed E-state index contributed by atoms with van der Waals surface area (Å²) in [6, 6.07) is 4.75. The largest absolute Gasteiger partial charge is 0.478 e. The molecular formula is C22H29N5O4. The molecule has 1 aliphatic carbocycles. The summed E-state index contributed by atoms with van der Waals surface area (Å²) in [6.45, 7) is 2.46. The lowest BCUT2D eigenvalue weighted by atomic mass is 9.87. The van der Waals surface area contributed by atoms with Crippen LogP contribution in [-0.4, -0.2) is 64.7 Å². The molecule has 0 spiro atoms. The zero-order chi connectivity index (χ0) is 21.5. The fourth-order valence-corrected chi connectivity index (χ4v) is 4.19. The molecule has 4 rings (SSSR count). The van der Waals surface area contributed by atoms with E-state index in [1.807, 2.05) is 0 Å². The lowest BCUT2D eigenvalue weighted by Crippen LogP contribution is -2.51. The van der Waals surface area contributed by atoms with Crippen LogP contribution in [0.5, 0.6) is 5.88 Å². The van der Waals surface area contributed by atoms with Gasteiger partial charge in [-0.2, -0.15) is 0 Å². The van der Waals surface area contributed by atoms with Crippen molar-refractivity contribution in [2.45, 2.75) is 38.5 Å². The van der Waals surface area contributed by atoms with Gasteiger partial charge in [-0.3, -0.25) is 10.1 Å². The number of hydrogen-bond donors (Lipinski definition) is 1. The predicted octanol–water partition coefficient (Wildman–Crippen LogP) is 3.41. The Morgan fingerprint density at radius 1 is 1.10 bits per heavy atom. The minimum atomic E-state index is -0.251. The Morgan fingerprint density at radius 2 is 1.87 bits per heavy atom. The standard InChI is InChI=1S/C22H29N5O4/c28-21(26-10-12-27(13-11-26)22(29)24-19-8-15-31-25-19)18-6-9-23-20(16-18)30-14-7-17-4-2-1-3-5-17/h6,8-9,15-17H,1-5,7,10-14H2,(H,24,25,29). The van der Waals surface area contributed by atoms with Gasteiger partial charge in [-0.15, -0.1) is 0 Å². The summed E-state index contributed by atoms with van der Waals surface area (Å²) in [6.07, 6.45) is 10.6. The summed E-state index contributed by atoms with van der Waals surface area (Å²) in [5.74, 6) is 1.54. The molecule has 9 nitrogen and oxygen atoms in total. The van der Waals surface area contributed by atoms with Gasteiger partial charge in [0.1, 0.15) is 6.26 Å². The lowest BCUT2D eigenvalue weighted by Gasteiger charge is -2.34. The minimum Gasteiger partial charge on any atom is -0.478 e. The van der Waals surface area contributed by atoms with Gasteiger partial charge in [0.05, 0.1) is 6.61 Å². The second-order valence-corrected chi connectivity index (χ2v) is 8.12. The Balaban J connectivity index is 1.24. The highest BCUT2D eigenvalue weighted by atomic mass is 16.5. The van der Waals surface area contributed by atoms with Crippen LogP contribution in [-0.2, 0) is 0 Å². The first-order valence-electron chi connectivity index (χ1n) is 11.0. The van der Waals surface area contributed by atoms with Crippen LogP contribution < -0.4 is 10.1 Å². The van der Waals surface area contributed by atoms with Crippen molar-refractivity contribution in [3.05, 3.63) is 36.2 Å². The van der Waals surface area contributed by atoms with E-state index < -0.39 is 0 Å². The third-order valence-electron chi connectivity index (χ3n) is 6.01. The van der Waals surface area contributed by atoms with Gasteiger partial charge in [0.2, 0.25) is 5.88 Å². The zero-order valence-corrected chi connectivity index (χ0v) is 17.7. The molecule has 0 unspecified atom stereocenters. The van der Waals surface area contributed by atoms with Crippen LogP contribution in [0.4, 0.5) is 10.6 Å². The molecule has 1 saturated carbocycles. The molecule has 1 aliphatic heterocycles. The molecule has 1 N–H and O–H groups in total. The molecule has 1 saturated heterocycles. The summed E-state index contributed by atoms with van der Waals surface area (Å²) in [5.41, 5.74) is 0.558. The first-order valence-corrected chi connectivity index (χ1v) is 11.0. The summed E-state index contributed by atoms with van der Waals surface area (Å²) in [4.78, 5) is 32.8. The topological polar surface area (TPSA) is 101 Å². The Bertz CT molecular complexity index is 859. The van der Waals surface area contributed by atoms with Gasteiger partial charge in [0, 0.05) is 50.1 Å². The maximum atomic E-state index is 12.9. The van der Waals surface area contributed by atoms with E-state index in [2.05, 4.69) is 15.5 Å². The molecule has 0 radical (unpaired) electrons. The van der Waals surface area contributed by atoms with Gasteiger partial charge in [-0.25, -0.2) is 9.78 Å². The number of anilines is 1. The predicted molar refractivity (Wildman–Crippen MR) is 114 cm³/mol. The maximum Gasteiger partial charge on any atom is 0.323 e. The molecule has 31 heavy (non-hydrogen) atoms. The van der Waals surface area contributed by atoms with Gasteiger partial charge < -0.3 is 19.1 Å². The summed E-state index contributed by atoms with van der Waals surface area (Å²) in [5, 5.41) is 6.35. The van der Waals surface area contributed by atoms with Crippen molar-refractivity contribution in [1.29, 1.82) is 0 Å². The number of amides is 3. The Labute approximate surface area is 181 Å². The van der Waals surface area contributed by atoms with Crippen molar-refractivity contribution in [2.24, 2.45) is 5.92 Å². The molecule has 2 fully saturated rings. The number of urea groups is 1. The summed E-state index contributed by atoms with van der Waals surface area (Å²) in [7, 11) is 0. The van der Waals surface area contributed by atoms with Gasteiger partial charge in [-0.1, -0.05) is 37.3 Å². The van der Waals surface area contributed by atoms with Crippen LogP contribution in [0.1, 0.15) is 48.9 Å². The molecule has 9 heteroatoms. The first kappa shape index (κ1) is 21.1. The SMILES string of the molecule is O=C(Nc1ccon1)N1CCN(C(=O)c2ccnc(OCCC3CCCCC3)c2)CC1. The highest BCUT2D eigenvalue weighted by Gasteiger charge is 2.25. The van der Waals surface area contributed by atoms with Crippen LogP contribution in [0.25, 0.3) is 0 Å². The van der Waals surface area contributed by atoms with E-state index in [9.17, 15) is 9.59 Å². The normalized spacial score (nSPS) is 17.4. The van der Waals surface area contributed by atoms with Gasteiger partial charge in [-0.05, 0) is 18.4 Å². The Hall–Kier alpha value is -3.10. The molecule has 0 bridgehead atoms. The first-order chi connectivity index (χ1) is 15.2. The minimum absolute atomic E-state index is 0.0731. The number of hydrogen-bond acceptors (Lipinski definition) is 6. The van der Waals surface area contributed by atoms with E-state index in [0.29, 0.717) is 50.0 Å². The van der Waals surface area contributed by atoms with E-state index in [1.54, 1.807) is 34.2 Å². The van der Waals surface area contributed by atoms with Crippen molar-refractivity contribution in [1.82, 2.24) is 19.9 Å². The number of piperazine rings is 1. The van der Waals surface area contributed by atoms with Crippen molar-refractivity contribution in [3.63, 3.8) is 0 Å². The van der Waals surface area contributed by atoms with Crippen molar-refractivity contribution < 1.29 is 18.8 Å². The number of carbonyl (C=O) groups excluding carboxylic acids is 2. The van der Waals surface area contributed by atoms with Crippen LogP contribution in [0, 0.1) is 5.92 Å². The monoisotopic (exact) mass is 427 g/mol. The van der Waals surface area contributed by atoms with Crippen molar-refractivity contribution in [3.8, 4) is 5.88 Å². The number of pyridine rings is 1. The molecule has 2 aliphatic rings. The zero-order valence-electron chi connectivity index (χ0n) is 17.7. The third kappa shape index (κ3) is 5.74. The maximum absolute atomic E-state index is 12.9. The fourth-order valence-electron chi connectivity index (χ4n) is 4.19. The molecule has 166 valence electrons. The second kappa shape index (κ2) is 10.3. The van der Waals surface area contributed by atoms with E-state index in [-0.39, 0.29) is 11.9 Å². The number of nitrogens with one attached hydrogen (secondary N) is 1. The number of ether oxygens (including phenoxy) is 1. The number of rotatable bonds is 6. The fraction of sp³-hybridized carbons (Fsp3) is 0.545. The molecule has 3 heterocycles. The molecule has 0 aromatic carbocycles. The van der Waals surface area contributed by atoms with E-state index >= 15 is 0 Å². The quantitative estimate of drug-likeness (QED) is 0.758. The smallest absolute Gasteiger partial charge is 0.323 e. The molecule has 3 amide bonds. The number of aromatic nitrogens is 2. The highest BCUT2D eigenvalue weighted by molar-refractivity contribution is 5.94. The van der Waals surface area contributed by atoms with Crippen LogP contribution in [0.2, 0.25) is 0 Å². The van der Waals surface area contributed by atoms with Crippen molar-refractivity contribution in [2.75, 3.05) is 38.1 Å². The molecule has 0 atom stereocenters. The molecular weight excluding hydrogens is 398 g/mol. The second-order valence-electron chi connectivity index (χ2n) is 8.12. The summed E-state index contributed by atoms with van der Waals surface area (Å²) >= 11 is 0. The third-order valence-corrected chi connectivity index (χ3v) is 6.01. The van der Waals surface area contributed by atoms with E-state index in [1.165, 1.54) is 38.4 Å². The van der Waals surface area contributed by atoms with Crippen LogP contribution in [0.15, 0.2) is 35.2 Å². The Morgan fingerprint density at radius 3 is 2.61 bits per heavy atom. The van der Waals surface area contributed by atoms with Crippen LogP contribution in [0.3, 0.4) is 0 Å². The van der Waals surface area contributed by atoms with Gasteiger partial charge >= 0.3 is 6.03 Å². The molecule has 2 aromatic rings. The highest BCUT2D eigenvalue weighted by Crippen LogP contribution is 2.26. The molecule has 2 aromatic heterocycles. The lowest BCUT2D eigenvalue weighted by molar-refractivity contribution is 0.0671. The number of nitrogens with zero attached hydrogens (tertiary/aromatic N) is 4. The van der Waals surface area contributed by atoms with E-state index in [0.717, 1.165) is 12.3 Å². The van der Waals surface area contributed by atoms with E-state index in [4.69, 9.17) is 9.26 Å².